The van der Waals surface area contributed by atoms with Gasteiger partial charge < -0.3 is 28.4 Å². The van der Waals surface area contributed by atoms with E-state index in [0.29, 0.717) is 26.4 Å². The van der Waals surface area contributed by atoms with Gasteiger partial charge in [-0.1, -0.05) is 51.0 Å². The third-order valence-corrected chi connectivity index (χ3v) is 11.9. The van der Waals surface area contributed by atoms with Crippen molar-refractivity contribution in [3.63, 3.8) is 0 Å². The molecule has 2 atom stereocenters. The lowest BCUT2D eigenvalue weighted by Gasteiger charge is -2.36. The summed E-state index contributed by atoms with van der Waals surface area (Å²) in [4.78, 5) is 0. The topological polar surface area (TPSA) is 55.4 Å². The number of ether oxygens (including phenoxy) is 6. The van der Waals surface area contributed by atoms with Crippen LogP contribution in [0.5, 0.6) is 34.5 Å². The minimum absolute atomic E-state index is 0.147. The minimum Gasteiger partial charge on any atom is -0.494 e. The van der Waals surface area contributed by atoms with E-state index in [1.54, 1.807) is 0 Å². The average molecular weight is 731 g/mol. The first-order valence-corrected chi connectivity index (χ1v) is 20.6. The SMILES string of the molecule is CCCCOc1ccc([C@H]2COc3c(ccc4c3CCC(C)(C)O4)C2)c(-c2cc([C@H]3COc4c(ccc5c4CCC(C)(C)O5)C3)ccc2OCCCC)c1. The highest BCUT2D eigenvalue weighted by molar-refractivity contribution is 5.76. The van der Waals surface area contributed by atoms with Crippen LogP contribution in [-0.4, -0.2) is 37.6 Å². The van der Waals surface area contributed by atoms with Gasteiger partial charge in [0.25, 0.3) is 0 Å². The smallest absolute Gasteiger partial charge is 0.129 e. The number of rotatable bonds is 11. The lowest BCUT2D eigenvalue weighted by Crippen LogP contribution is -2.33. The van der Waals surface area contributed by atoms with E-state index in [2.05, 4.69) is 102 Å². The normalized spacial score (nSPS) is 20.4. The molecular formula is C48H58O6. The maximum atomic E-state index is 6.70. The van der Waals surface area contributed by atoms with E-state index in [4.69, 9.17) is 28.4 Å². The van der Waals surface area contributed by atoms with Gasteiger partial charge in [-0.3, -0.25) is 0 Å². The van der Waals surface area contributed by atoms with Crippen LogP contribution in [0.15, 0.2) is 60.7 Å². The molecule has 0 bridgehead atoms. The number of fused-ring (bicyclic) bond motifs is 6. The standard InChI is InChI=1S/C48H58O6/c1-7-9-23-49-36-14-15-37(35-26-33-13-18-44-39(46(33)52-30-35)20-22-48(5,6)54-44)40(28-36)41-27-31(11-16-42(41)50-24-10-8-2)34-25-32-12-17-43-38(45(32)51-29-34)19-21-47(3,4)53-43/h11-18,27-28,34-35H,7-10,19-26,29-30H2,1-6H3/t34-,35-/m1/s1. The zero-order valence-corrected chi connectivity index (χ0v) is 33.3. The lowest BCUT2D eigenvalue weighted by atomic mass is 9.82. The molecule has 0 saturated carbocycles. The van der Waals surface area contributed by atoms with Gasteiger partial charge in [-0.25, -0.2) is 0 Å². The lowest BCUT2D eigenvalue weighted by molar-refractivity contribution is 0.0822. The van der Waals surface area contributed by atoms with Gasteiger partial charge in [0.2, 0.25) is 0 Å². The first kappa shape index (κ1) is 36.6. The summed E-state index contributed by atoms with van der Waals surface area (Å²) in [6, 6.07) is 22.2. The Balaban J connectivity index is 1.15. The van der Waals surface area contributed by atoms with Crippen LogP contribution in [0.2, 0.25) is 0 Å². The molecule has 0 spiro atoms. The fraction of sp³-hybridized carbons (Fsp3) is 0.500. The predicted octanol–water partition coefficient (Wildman–Crippen LogP) is 11.4. The van der Waals surface area contributed by atoms with Crippen LogP contribution in [0.4, 0.5) is 0 Å². The van der Waals surface area contributed by atoms with Crippen molar-refractivity contribution in [1.82, 2.24) is 0 Å². The zero-order chi connectivity index (χ0) is 37.5. The summed E-state index contributed by atoms with van der Waals surface area (Å²) < 4.78 is 39.0. The largest absolute Gasteiger partial charge is 0.494 e. The maximum absolute atomic E-state index is 6.70. The molecule has 4 aromatic carbocycles. The second-order valence-electron chi connectivity index (χ2n) is 17.1. The Kier molecular flexibility index (Phi) is 10.2. The van der Waals surface area contributed by atoms with E-state index < -0.39 is 0 Å². The van der Waals surface area contributed by atoms with Crippen LogP contribution in [0.1, 0.15) is 125 Å². The molecule has 0 aliphatic carbocycles. The van der Waals surface area contributed by atoms with Gasteiger partial charge >= 0.3 is 0 Å². The van der Waals surface area contributed by atoms with Crippen LogP contribution in [-0.2, 0) is 25.7 Å². The molecule has 0 amide bonds. The van der Waals surface area contributed by atoms with Gasteiger partial charge in [0.15, 0.2) is 0 Å². The second-order valence-corrected chi connectivity index (χ2v) is 17.1. The van der Waals surface area contributed by atoms with Crippen LogP contribution in [0, 0.1) is 0 Å². The van der Waals surface area contributed by atoms with E-state index in [9.17, 15) is 0 Å². The van der Waals surface area contributed by atoms with Gasteiger partial charge in [0.05, 0.1) is 26.4 Å². The van der Waals surface area contributed by atoms with E-state index in [-0.39, 0.29) is 23.0 Å². The van der Waals surface area contributed by atoms with Crippen LogP contribution in [0.25, 0.3) is 11.1 Å². The summed E-state index contributed by atoms with van der Waals surface area (Å²) in [5.74, 6) is 6.20. The molecular weight excluding hydrogens is 673 g/mol. The Labute approximate surface area is 322 Å². The Hall–Kier alpha value is -4.32. The molecule has 6 nitrogen and oxygen atoms in total. The molecule has 0 unspecified atom stereocenters. The summed E-state index contributed by atoms with van der Waals surface area (Å²) in [7, 11) is 0. The van der Waals surface area contributed by atoms with Crippen molar-refractivity contribution in [2.75, 3.05) is 26.4 Å². The molecule has 54 heavy (non-hydrogen) atoms. The second kappa shape index (κ2) is 15.1. The maximum Gasteiger partial charge on any atom is 0.129 e. The highest BCUT2D eigenvalue weighted by Gasteiger charge is 2.35. The molecule has 0 fully saturated rings. The Morgan fingerprint density at radius 1 is 0.630 bits per heavy atom. The molecule has 286 valence electrons. The van der Waals surface area contributed by atoms with Crippen molar-refractivity contribution in [2.45, 2.75) is 129 Å². The fourth-order valence-corrected chi connectivity index (χ4v) is 8.66. The average Bonchev–Trinajstić information content (AvgIpc) is 3.16. The van der Waals surface area contributed by atoms with E-state index in [1.165, 1.54) is 33.4 Å². The highest BCUT2D eigenvalue weighted by atomic mass is 16.5. The molecule has 0 aromatic heterocycles. The number of hydrogen-bond donors (Lipinski definition) is 0. The number of hydrogen-bond acceptors (Lipinski definition) is 6. The van der Waals surface area contributed by atoms with Crippen molar-refractivity contribution >= 4 is 0 Å². The van der Waals surface area contributed by atoms with Crippen molar-refractivity contribution in [1.29, 1.82) is 0 Å². The quantitative estimate of drug-likeness (QED) is 0.143. The minimum atomic E-state index is -0.154. The summed E-state index contributed by atoms with van der Waals surface area (Å²) >= 11 is 0. The van der Waals surface area contributed by atoms with Gasteiger partial charge in [0.1, 0.15) is 45.7 Å². The molecule has 0 radical (unpaired) electrons. The van der Waals surface area contributed by atoms with E-state index in [0.717, 1.165) is 110 Å². The van der Waals surface area contributed by atoms with Gasteiger partial charge in [-0.2, -0.15) is 0 Å². The summed E-state index contributed by atoms with van der Waals surface area (Å²) in [6.45, 7) is 15.7. The van der Waals surface area contributed by atoms with Crippen molar-refractivity contribution < 1.29 is 28.4 Å². The third kappa shape index (κ3) is 7.50. The predicted molar refractivity (Wildman–Crippen MR) is 216 cm³/mol. The van der Waals surface area contributed by atoms with Crippen LogP contribution >= 0.6 is 0 Å². The summed E-state index contributed by atoms with van der Waals surface area (Å²) in [5.41, 5.74) is 9.45. The van der Waals surface area contributed by atoms with Crippen molar-refractivity contribution in [3.8, 4) is 45.6 Å². The first-order valence-electron chi connectivity index (χ1n) is 20.6. The third-order valence-electron chi connectivity index (χ3n) is 11.9. The number of benzene rings is 4. The molecule has 0 saturated heterocycles. The van der Waals surface area contributed by atoms with Crippen LogP contribution < -0.4 is 28.4 Å². The zero-order valence-electron chi connectivity index (χ0n) is 33.3. The summed E-state index contributed by atoms with van der Waals surface area (Å²) in [5, 5.41) is 0. The van der Waals surface area contributed by atoms with Crippen LogP contribution in [0.3, 0.4) is 0 Å². The Morgan fingerprint density at radius 3 is 1.85 bits per heavy atom. The van der Waals surface area contributed by atoms with Gasteiger partial charge in [-0.05, 0) is 143 Å². The first-order chi connectivity index (χ1) is 26.1. The van der Waals surface area contributed by atoms with Gasteiger partial charge in [-0.15, -0.1) is 0 Å². The molecule has 4 aliphatic rings. The van der Waals surface area contributed by atoms with Crippen molar-refractivity contribution in [2.24, 2.45) is 0 Å². The molecule has 8 rings (SSSR count). The van der Waals surface area contributed by atoms with Gasteiger partial charge in [0, 0.05) is 28.5 Å². The van der Waals surface area contributed by atoms with E-state index >= 15 is 0 Å². The van der Waals surface area contributed by atoms with Crippen molar-refractivity contribution in [3.05, 3.63) is 94.0 Å². The molecule has 0 N–H and O–H groups in total. The molecule has 4 aliphatic heterocycles. The Bertz CT molecular complexity index is 1990. The summed E-state index contributed by atoms with van der Waals surface area (Å²) in [6.07, 6.45) is 9.94. The Morgan fingerprint density at radius 2 is 1.22 bits per heavy atom. The fourth-order valence-electron chi connectivity index (χ4n) is 8.66. The molecule has 4 aromatic rings. The number of unbranched alkanes of at least 4 members (excludes halogenated alkanes) is 2. The monoisotopic (exact) mass is 730 g/mol. The van der Waals surface area contributed by atoms with E-state index in [1.807, 2.05) is 0 Å². The molecule has 4 heterocycles. The molecule has 6 heteroatoms. The highest BCUT2D eigenvalue weighted by Crippen LogP contribution is 2.48.